The van der Waals surface area contributed by atoms with Crippen LogP contribution in [0.15, 0.2) is 0 Å². The molecule has 70 valence electrons. The maximum absolute atomic E-state index is 10.5. The first-order valence-electron chi connectivity index (χ1n) is 3.44. The first kappa shape index (κ1) is 10.9. The van der Waals surface area contributed by atoms with E-state index < -0.39 is 18.4 Å². The van der Waals surface area contributed by atoms with Crippen LogP contribution in [0.25, 0.3) is 0 Å². The van der Waals surface area contributed by atoms with Gasteiger partial charge >= 0.3 is 18.4 Å². The Labute approximate surface area is 71.2 Å². The molecule has 5 heteroatoms. The van der Waals surface area contributed by atoms with Gasteiger partial charge in [-0.05, 0) is 14.1 Å². The summed E-state index contributed by atoms with van der Waals surface area (Å²) in [5.41, 5.74) is 0. The van der Waals surface area contributed by atoms with Crippen molar-refractivity contribution in [2.75, 3.05) is 14.1 Å². The molecule has 0 fully saturated rings. The molecule has 0 spiro atoms. The summed E-state index contributed by atoms with van der Waals surface area (Å²) < 4.78 is 9.33. The number of carbonyl (C=O) groups excluding carboxylic acids is 2. The maximum atomic E-state index is 10.5. The van der Waals surface area contributed by atoms with Crippen LogP contribution < -0.4 is 0 Å². The lowest BCUT2D eigenvalue weighted by Gasteiger charge is -2.21. The highest BCUT2D eigenvalue weighted by molar-refractivity contribution is 5.68. The van der Waals surface area contributed by atoms with Crippen LogP contribution in [0.3, 0.4) is 0 Å². The third-order valence-corrected chi connectivity index (χ3v) is 0.955. The fourth-order valence-corrected chi connectivity index (χ4v) is 0.519. The lowest BCUT2D eigenvalue weighted by Crippen LogP contribution is -2.36. The van der Waals surface area contributed by atoms with Crippen LogP contribution in [-0.2, 0) is 19.1 Å². The van der Waals surface area contributed by atoms with Crippen LogP contribution in [0, 0.1) is 0 Å². The summed E-state index contributed by atoms with van der Waals surface area (Å²) in [7, 11) is 3.27. The molecule has 0 aliphatic rings. The summed E-state index contributed by atoms with van der Waals surface area (Å²) in [5, 5.41) is 0. The fraction of sp³-hybridized carbons (Fsp3) is 0.714. The van der Waals surface area contributed by atoms with Gasteiger partial charge in [-0.2, -0.15) is 0 Å². The first-order chi connectivity index (χ1) is 5.43. The minimum atomic E-state index is -0.931. The van der Waals surface area contributed by atoms with Crippen molar-refractivity contribution in [3.8, 4) is 0 Å². The van der Waals surface area contributed by atoms with Crippen molar-refractivity contribution >= 4 is 11.9 Å². The van der Waals surface area contributed by atoms with Crippen LogP contribution in [0.4, 0.5) is 0 Å². The van der Waals surface area contributed by atoms with Gasteiger partial charge < -0.3 is 9.47 Å². The van der Waals surface area contributed by atoms with Gasteiger partial charge in [-0.3, -0.25) is 9.59 Å². The van der Waals surface area contributed by atoms with Crippen LogP contribution >= 0.6 is 0 Å². The average molecular weight is 175 g/mol. The normalized spacial score (nSPS) is 10.2. The second kappa shape index (κ2) is 4.71. The van der Waals surface area contributed by atoms with Gasteiger partial charge in [-0.25, -0.2) is 4.90 Å². The third kappa shape index (κ3) is 4.68. The van der Waals surface area contributed by atoms with Gasteiger partial charge in [-0.1, -0.05) is 0 Å². The van der Waals surface area contributed by atoms with Gasteiger partial charge in [-0.15, -0.1) is 0 Å². The summed E-state index contributed by atoms with van der Waals surface area (Å²) in [6, 6.07) is 0. The molecule has 0 saturated heterocycles. The van der Waals surface area contributed by atoms with E-state index in [-0.39, 0.29) is 0 Å². The van der Waals surface area contributed by atoms with E-state index in [0.717, 1.165) is 0 Å². The zero-order valence-corrected chi connectivity index (χ0v) is 7.66. The largest absolute Gasteiger partial charge is 0.411 e. The van der Waals surface area contributed by atoms with Crippen molar-refractivity contribution < 1.29 is 19.1 Å². The molecule has 0 bridgehead atoms. The molecule has 0 aromatic heterocycles. The first-order valence-corrected chi connectivity index (χ1v) is 3.44. The standard InChI is InChI=1S/C7H13NO4/c1-5(9)11-7(8(3)4)12-6(2)10/h7H,1-4H3. The molecule has 0 aromatic carbocycles. The van der Waals surface area contributed by atoms with Gasteiger partial charge in [0.2, 0.25) is 0 Å². The quantitative estimate of drug-likeness (QED) is 0.445. The molecule has 0 radical (unpaired) electrons. The predicted octanol–water partition coefficient (Wildman–Crippen LogP) is -0.0422. The highest BCUT2D eigenvalue weighted by Crippen LogP contribution is 1.98. The second-order valence-corrected chi connectivity index (χ2v) is 2.49. The lowest BCUT2D eigenvalue weighted by molar-refractivity contribution is -0.212. The summed E-state index contributed by atoms with van der Waals surface area (Å²) in [6.07, 6.45) is -0.931. The summed E-state index contributed by atoms with van der Waals surface area (Å²) >= 11 is 0. The van der Waals surface area contributed by atoms with Crippen molar-refractivity contribution in [3.63, 3.8) is 0 Å². The van der Waals surface area contributed by atoms with Crippen LogP contribution in [-0.4, -0.2) is 37.3 Å². The van der Waals surface area contributed by atoms with E-state index in [4.69, 9.17) is 0 Å². The number of carbonyl (C=O) groups is 2. The van der Waals surface area contributed by atoms with Crippen molar-refractivity contribution in [2.45, 2.75) is 20.3 Å². The number of ether oxygens (including phenoxy) is 2. The Hall–Kier alpha value is -1.10. The smallest absolute Gasteiger partial charge is 0.309 e. The number of hydrogen-bond donors (Lipinski definition) is 0. The SMILES string of the molecule is CC(=O)OC(OC(C)=O)N(C)C. The summed E-state index contributed by atoms with van der Waals surface area (Å²) in [6.45, 7) is 2.50. The Balaban J connectivity index is 4.04. The molecule has 12 heavy (non-hydrogen) atoms. The van der Waals surface area contributed by atoms with E-state index in [1.807, 2.05) is 0 Å². The summed E-state index contributed by atoms with van der Waals surface area (Å²) in [4.78, 5) is 22.5. The Bertz CT molecular complexity index is 162. The van der Waals surface area contributed by atoms with Crippen LogP contribution in [0.5, 0.6) is 0 Å². The van der Waals surface area contributed by atoms with Crippen LogP contribution in [0.1, 0.15) is 13.8 Å². The van der Waals surface area contributed by atoms with E-state index in [1.165, 1.54) is 18.7 Å². The summed E-state index contributed by atoms with van der Waals surface area (Å²) in [5.74, 6) is -0.982. The molecule has 0 atom stereocenters. The lowest BCUT2D eigenvalue weighted by atomic mass is 10.7. The molecule has 0 unspecified atom stereocenters. The molecule has 0 amide bonds. The van der Waals surface area contributed by atoms with Gasteiger partial charge in [0.05, 0.1) is 0 Å². The Morgan fingerprint density at radius 3 is 1.58 bits per heavy atom. The molecule has 5 nitrogen and oxygen atoms in total. The van der Waals surface area contributed by atoms with Gasteiger partial charge in [0, 0.05) is 13.8 Å². The zero-order valence-electron chi connectivity index (χ0n) is 7.66. The molecule has 0 aliphatic carbocycles. The van der Waals surface area contributed by atoms with Crippen molar-refractivity contribution in [2.24, 2.45) is 0 Å². The van der Waals surface area contributed by atoms with E-state index in [9.17, 15) is 9.59 Å². The number of hydrogen-bond acceptors (Lipinski definition) is 5. The topological polar surface area (TPSA) is 55.8 Å². The van der Waals surface area contributed by atoms with Crippen LogP contribution in [0.2, 0.25) is 0 Å². The zero-order chi connectivity index (χ0) is 9.72. The molecule has 0 N–H and O–H groups in total. The highest BCUT2D eigenvalue weighted by atomic mass is 16.7. The van der Waals surface area contributed by atoms with Crippen molar-refractivity contribution in [1.82, 2.24) is 4.90 Å². The molecule has 0 aromatic rings. The maximum Gasteiger partial charge on any atom is 0.309 e. The third-order valence-electron chi connectivity index (χ3n) is 0.955. The molecule has 0 rings (SSSR count). The fourth-order valence-electron chi connectivity index (χ4n) is 0.519. The van der Waals surface area contributed by atoms with E-state index in [2.05, 4.69) is 9.47 Å². The molecule has 0 saturated carbocycles. The predicted molar refractivity (Wildman–Crippen MR) is 41.0 cm³/mol. The molecular formula is C7H13NO4. The average Bonchev–Trinajstić information content (AvgIpc) is 1.83. The van der Waals surface area contributed by atoms with Gasteiger partial charge in [0.1, 0.15) is 0 Å². The number of rotatable bonds is 3. The Kier molecular flexibility index (Phi) is 4.28. The Morgan fingerprint density at radius 1 is 1.08 bits per heavy atom. The molecule has 0 aliphatic heterocycles. The Morgan fingerprint density at radius 2 is 1.42 bits per heavy atom. The monoisotopic (exact) mass is 175 g/mol. The minimum absolute atomic E-state index is 0.491. The van der Waals surface area contributed by atoms with Crippen molar-refractivity contribution in [1.29, 1.82) is 0 Å². The van der Waals surface area contributed by atoms with E-state index in [0.29, 0.717) is 0 Å². The van der Waals surface area contributed by atoms with E-state index in [1.54, 1.807) is 14.1 Å². The highest BCUT2D eigenvalue weighted by Gasteiger charge is 2.16. The second-order valence-electron chi connectivity index (χ2n) is 2.49. The molecule has 0 heterocycles. The minimum Gasteiger partial charge on any atom is -0.411 e. The van der Waals surface area contributed by atoms with Crippen molar-refractivity contribution in [3.05, 3.63) is 0 Å². The van der Waals surface area contributed by atoms with Gasteiger partial charge in [0.25, 0.3) is 0 Å². The van der Waals surface area contributed by atoms with E-state index >= 15 is 0 Å². The number of esters is 2. The number of nitrogens with zero attached hydrogens (tertiary/aromatic N) is 1. The molecular weight excluding hydrogens is 162 g/mol. The van der Waals surface area contributed by atoms with Gasteiger partial charge in [0.15, 0.2) is 0 Å².